The van der Waals surface area contributed by atoms with Crippen LogP contribution < -0.4 is 5.73 Å². The Morgan fingerprint density at radius 2 is 2.27 bits per heavy atom. The molecule has 1 aromatic carbocycles. The van der Waals surface area contributed by atoms with Crippen molar-refractivity contribution in [3.05, 3.63) is 28.5 Å². The minimum absolute atomic E-state index is 0.155. The molecule has 0 amide bonds. The number of nitrogens with two attached hydrogens (primary N) is 1. The number of aliphatic carboxylic acids is 1. The molecule has 0 aromatic heterocycles. The third-order valence-corrected chi connectivity index (χ3v) is 3.08. The summed E-state index contributed by atoms with van der Waals surface area (Å²) in [6.45, 7) is 0. The Morgan fingerprint density at radius 1 is 1.67 bits per heavy atom. The van der Waals surface area contributed by atoms with E-state index in [1.807, 2.05) is 0 Å². The molecule has 1 aromatic rings. The highest BCUT2D eigenvalue weighted by molar-refractivity contribution is 7.98. The van der Waals surface area contributed by atoms with E-state index < -0.39 is 17.8 Å². The predicted octanol–water partition coefficient (Wildman–Crippen LogP) is 2.29. The molecule has 82 valence electrons. The average molecular weight is 250 g/mol. The fourth-order valence-electron chi connectivity index (χ4n) is 1.10. The van der Waals surface area contributed by atoms with Gasteiger partial charge >= 0.3 is 5.97 Å². The van der Waals surface area contributed by atoms with Crippen LogP contribution in [0, 0.1) is 5.82 Å². The number of rotatable bonds is 3. The highest BCUT2D eigenvalue weighted by Crippen LogP contribution is 2.30. The lowest BCUT2D eigenvalue weighted by molar-refractivity contribution is -0.138. The monoisotopic (exact) mass is 249 g/mol. The Kier molecular flexibility index (Phi) is 3.96. The van der Waals surface area contributed by atoms with Crippen LogP contribution in [0.4, 0.5) is 4.39 Å². The van der Waals surface area contributed by atoms with Crippen LogP contribution >= 0.6 is 23.4 Å². The van der Waals surface area contributed by atoms with Gasteiger partial charge < -0.3 is 10.8 Å². The minimum Gasteiger partial charge on any atom is -0.480 e. The number of carboxylic acid groups (broad SMARTS) is 1. The van der Waals surface area contributed by atoms with Crippen LogP contribution in [0.5, 0.6) is 0 Å². The van der Waals surface area contributed by atoms with E-state index in [0.717, 1.165) is 17.8 Å². The molecule has 15 heavy (non-hydrogen) atoms. The van der Waals surface area contributed by atoms with Crippen molar-refractivity contribution >= 4 is 29.3 Å². The number of halogens is 2. The van der Waals surface area contributed by atoms with Crippen LogP contribution in [-0.2, 0) is 4.79 Å². The zero-order chi connectivity index (χ0) is 11.6. The molecular weight excluding hydrogens is 241 g/mol. The van der Waals surface area contributed by atoms with E-state index in [2.05, 4.69) is 0 Å². The van der Waals surface area contributed by atoms with Crippen LogP contribution in [0.25, 0.3) is 0 Å². The van der Waals surface area contributed by atoms with Crippen molar-refractivity contribution in [2.24, 2.45) is 5.73 Å². The first kappa shape index (κ1) is 12.3. The topological polar surface area (TPSA) is 63.3 Å². The molecule has 1 atom stereocenters. The van der Waals surface area contributed by atoms with E-state index in [4.69, 9.17) is 22.4 Å². The summed E-state index contributed by atoms with van der Waals surface area (Å²) in [6, 6.07) is 1.21. The Hall–Kier alpha value is -0.780. The zero-order valence-electron chi connectivity index (χ0n) is 7.83. The standard InChI is InChI=1S/C9H9ClFNO2S/c1-15-8-5(10)2-4(3-6(8)11)7(12)9(13)14/h2-3,7H,12H2,1H3,(H,13,14). The van der Waals surface area contributed by atoms with Crippen molar-refractivity contribution in [1.29, 1.82) is 0 Å². The van der Waals surface area contributed by atoms with Crippen molar-refractivity contribution in [3.63, 3.8) is 0 Å². The van der Waals surface area contributed by atoms with E-state index in [-0.39, 0.29) is 15.5 Å². The summed E-state index contributed by atoms with van der Waals surface area (Å²) in [5.74, 6) is -1.77. The van der Waals surface area contributed by atoms with Crippen LogP contribution in [0.15, 0.2) is 17.0 Å². The molecule has 1 rings (SSSR count). The van der Waals surface area contributed by atoms with E-state index in [0.29, 0.717) is 0 Å². The molecule has 0 saturated heterocycles. The fourth-order valence-corrected chi connectivity index (χ4v) is 2.05. The normalized spacial score (nSPS) is 12.5. The molecule has 6 heteroatoms. The molecule has 0 spiro atoms. The summed E-state index contributed by atoms with van der Waals surface area (Å²) in [7, 11) is 0. The highest BCUT2D eigenvalue weighted by atomic mass is 35.5. The van der Waals surface area contributed by atoms with Gasteiger partial charge in [-0.2, -0.15) is 0 Å². The Morgan fingerprint density at radius 3 is 2.67 bits per heavy atom. The smallest absolute Gasteiger partial charge is 0.325 e. The molecule has 0 aliphatic heterocycles. The lowest BCUT2D eigenvalue weighted by atomic mass is 10.1. The van der Waals surface area contributed by atoms with Crippen molar-refractivity contribution in [3.8, 4) is 0 Å². The molecular formula is C9H9ClFNO2S. The summed E-state index contributed by atoms with van der Waals surface area (Å²) in [6.07, 6.45) is 1.68. The molecule has 1 unspecified atom stereocenters. The number of thioether (sulfide) groups is 1. The van der Waals surface area contributed by atoms with Crippen molar-refractivity contribution < 1.29 is 14.3 Å². The third kappa shape index (κ3) is 2.62. The molecule has 0 saturated carbocycles. The summed E-state index contributed by atoms with van der Waals surface area (Å²) >= 11 is 6.93. The quantitative estimate of drug-likeness (QED) is 0.807. The first-order valence-electron chi connectivity index (χ1n) is 3.98. The SMILES string of the molecule is CSc1c(F)cc(C(N)C(=O)O)cc1Cl. The molecule has 0 fully saturated rings. The van der Waals surface area contributed by atoms with Crippen LogP contribution in [-0.4, -0.2) is 17.3 Å². The van der Waals surface area contributed by atoms with Crippen LogP contribution in [0.1, 0.15) is 11.6 Å². The first-order valence-corrected chi connectivity index (χ1v) is 5.59. The largest absolute Gasteiger partial charge is 0.480 e. The van der Waals surface area contributed by atoms with Crippen molar-refractivity contribution in [2.45, 2.75) is 10.9 Å². The molecule has 0 radical (unpaired) electrons. The molecule has 0 bridgehead atoms. The van der Waals surface area contributed by atoms with E-state index >= 15 is 0 Å². The Labute approximate surface area is 95.4 Å². The molecule has 0 aliphatic rings. The number of carboxylic acids is 1. The van der Waals surface area contributed by atoms with Gasteiger partial charge in [-0.3, -0.25) is 4.79 Å². The minimum atomic E-state index is -1.26. The molecule has 3 nitrogen and oxygen atoms in total. The van der Waals surface area contributed by atoms with Gasteiger partial charge in [0.25, 0.3) is 0 Å². The van der Waals surface area contributed by atoms with Crippen LogP contribution in [0.2, 0.25) is 5.02 Å². The van der Waals surface area contributed by atoms with Gasteiger partial charge in [0.2, 0.25) is 0 Å². The van der Waals surface area contributed by atoms with Crippen molar-refractivity contribution in [2.75, 3.05) is 6.26 Å². The summed E-state index contributed by atoms with van der Waals surface area (Å²) in [5, 5.41) is 8.82. The lowest BCUT2D eigenvalue weighted by Crippen LogP contribution is -2.20. The number of carbonyl (C=O) groups is 1. The second-order valence-electron chi connectivity index (χ2n) is 2.83. The van der Waals surface area contributed by atoms with E-state index in [1.165, 1.54) is 6.07 Å². The van der Waals surface area contributed by atoms with Gasteiger partial charge in [0.05, 0.1) is 9.92 Å². The van der Waals surface area contributed by atoms with Gasteiger partial charge in [-0.05, 0) is 24.0 Å². The maximum absolute atomic E-state index is 13.4. The summed E-state index contributed by atoms with van der Waals surface area (Å²) < 4.78 is 13.4. The second-order valence-corrected chi connectivity index (χ2v) is 4.06. The van der Waals surface area contributed by atoms with E-state index in [1.54, 1.807) is 6.26 Å². The van der Waals surface area contributed by atoms with E-state index in [9.17, 15) is 9.18 Å². The number of hydrogen-bond acceptors (Lipinski definition) is 3. The fraction of sp³-hybridized carbons (Fsp3) is 0.222. The predicted molar refractivity (Wildman–Crippen MR) is 57.8 cm³/mol. The maximum atomic E-state index is 13.4. The van der Waals surface area contributed by atoms with Crippen molar-refractivity contribution in [1.82, 2.24) is 0 Å². The maximum Gasteiger partial charge on any atom is 0.325 e. The molecule has 0 heterocycles. The van der Waals surface area contributed by atoms with Crippen LogP contribution in [0.3, 0.4) is 0 Å². The lowest BCUT2D eigenvalue weighted by Gasteiger charge is -2.10. The van der Waals surface area contributed by atoms with Gasteiger partial charge in [-0.1, -0.05) is 11.6 Å². The van der Waals surface area contributed by atoms with Gasteiger partial charge in [0, 0.05) is 0 Å². The average Bonchev–Trinajstić information content (AvgIpc) is 2.15. The third-order valence-electron chi connectivity index (χ3n) is 1.85. The van der Waals surface area contributed by atoms with Gasteiger partial charge in [-0.15, -0.1) is 11.8 Å². The molecule has 3 N–H and O–H groups in total. The summed E-state index contributed by atoms with van der Waals surface area (Å²) in [5.41, 5.74) is 5.49. The Balaban J connectivity index is 3.19. The zero-order valence-corrected chi connectivity index (χ0v) is 9.40. The van der Waals surface area contributed by atoms with Gasteiger partial charge in [-0.25, -0.2) is 4.39 Å². The number of hydrogen-bond donors (Lipinski definition) is 2. The second kappa shape index (κ2) is 4.83. The first-order chi connectivity index (χ1) is 6.97. The number of benzene rings is 1. The Bertz CT molecular complexity index is 377. The van der Waals surface area contributed by atoms with Gasteiger partial charge in [0.1, 0.15) is 11.9 Å². The summed E-state index contributed by atoms with van der Waals surface area (Å²) in [4.78, 5) is 10.9. The van der Waals surface area contributed by atoms with Gasteiger partial charge in [0.15, 0.2) is 0 Å². The molecule has 0 aliphatic carbocycles. The highest BCUT2D eigenvalue weighted by Gasteiger charge is 2.18.